The first-order chi connectivity index (χ1) is 9.54. The Kier molecular flexibility index (Phi) is 7.77. The monoisotopic (exact) mass is 351 g/mol. The number of hydrogen-bond acceptors (Lipinski definition) is 3. The fourth-order valence-electron chi connectivity index (χ4n) is 2.36. The Morgan fingerprint density at radius 2 is 2.19 bits per heavy atom. The van der Waals surface area contributed by atoms with Gasteiger partial charge in [0.2, 0.25) is 5.91 Å². The fourth-order valence-corrected chi connectivity index (χ4v) is 2.70. The van der Waals surface area contributed by atoms with Crippen LogP contribution in [-0.2, 0) is 4.79 Å². The van der Waals surface area contributed by atoms with Crippen LogP contribution in [0, 0.1) is 0 Å². The second-order valence-corrected chi connectivity index (χ2v) is 5.97. The molecule has 1 aliphatic rings. The normalized spacial score (nSPS) is 18.9. The van der Waals surface area contributed by atoms with Gasteiger partial charge in [-0.3, -0.25) is 4.79 Å². The van der Waals surface area contributed by atoms with Crippen molar-refractivity contribution in [3.63, 3.8) is 0 Å². The van der Waals surface area contributed by atoms with Gasteiger partial charge in [0.1, 0.15) is 0 Å². The standard InChI is InChI=1S/C14H19Cl2N3O.ClH/c15-10-3-4-12(16)13(8-10)18-14(20)5-7-19-6-1-2-11(17)9-19;/h3-4,8,11H,1-2,5-7,9,17H2,(H,18,20);1H/t11-;/m1./s1. The third kappa shape index (κ3) is 6.01. The summed E-state index contributed by atoms with van der Waals surface area (Å²) in [5.41, 5.74) is 6.47. The molecule has 0 saturated carbocycles. The fraction of sp³-hybridized carbons (Fsp3) is 0.500. The number of piperidine rings is 1. The minimum atomic E-state index is -0.0617. The molecule has 1 saturated heterocycles. The number of carbonyl (C=O) groups excluding carboxylic acids is 1. The predicted octanol–water partition coefficient (Wildman–Crippen LogP) is 3.17. The van der Waals surface area contributed by atoms with E-state index in [1.807, 2.05) is 0 Å². The first-order valence-electron chi connectivity index (χ1n) is 6.77. The Morgan fingerprint density at radius 3 is 2.90 bits per heavy atom. The van der Waals surface area contributed by atoms with Crippen molar-refractivity contribution in [1.82, 2.24) is 4.90 Å². The molecule has 0 unspecified atom stereocenters. The zero-order valence-electron chi connectivity index (χ0n) is 11.6. The Morgan fingerprint density at radius 1 is 1.43 bits per heavy atom. The van der Waals surface area contributed by atoms with Gasteiger partial charge in [0, 0.05) is 30.6 Å². The van der Waals surface area contributed by atoms with Crippen LogP contribution in [0.4, 0.5) is 5.69 Å². The molecule has 2 rings (SSSR count). The average molecular weight is 353 g/mol. The third-order valence-corrected chi connectivity index (χ3v) is 3.96. The number of carbonyl (C=O) groups is 1. The van der Waals surface area contributed by atoms with Crippen LogP contribution in [0.25, 0.3) is 0 Å². The lowest BCUT2D eigenvalue weighted by molar-refractivity contribution is -0.116. The van der Waals surface area contributed by atoms with Gasteiger partial charge in [0.05, 0.1) is 10.7 Å². The van der Waals surface area contributed by atoms with E-state index >= 15 is 0 Å². The van der Waals surface area contributed by atoms with Crippen molar-refractivity contribution in [3.05, 3.63) is 28.2 Å². The highest BCUT2D eigenvalue weighted by atomic mass is 35.5. The number of nitrogens with two attached hydrogens (primary N) is 1. The zero-order valence-corrected chi connectivity index (χ0v) is 14.0. The minimum absolute atomic E-state index is 0. The van der Waals surface area contributed by atoms with Crippen LogP contribution in [0.2, 0.25) is 10.0 Å². The molecule has 4 nitrogen and oxygen atoms in total. The maximum Gasteiger partial charge on any atom is 0.225 e. The molecule has 1 heterocycles. The lowest BCUT2D eigenvalue weighted by Crippen LogP contribution is -2.43. The van der Waals surface area contributed by atoms with Gasteiger partial charge in [0.25, 0.3) is 0 Å². The highest BCUT2D eigenvalue weighted by Gasteiger charge is 2.17. The van der Waals surface area contributed by atoms with Gasteiger partial charge in [0.15, 0.2) is 0 Å². The Bertz CT molecular complexity index is 485. The molecule has 7 heteroatoms. The number of anilines is 1. The molecule has 1 atom stereocenters. The maximum absolute atomic E-state index is 11.9. The highest BCUT2D eigenvalue weighted by Crippen LogP contribution is 2.25. The molecule has 1 aromatic rings. The van der Waals surface area contributed by atoms with Crippen LogP contribution < -0.4 is 11.1 Å². The van der Waals surface area contributed by atoms with Crippen LogP contribution in [0.3, 0.4) is 0 Å². The zero-order chi connectivity index (χ0) is 14.5. The van der Waals surface area contributed by atoms with E-state index in [1.165, 1.54) is 0 Å². The molecule has 0 bridgehead atoms. The Hall–Kier alpha value is -0.520. The molecule has 1 aromatic carbocycles. The first kappa shape index (κ1) is 18.5. The van der Waals surface area contributed by atoms with Crippen LogP contribution in [0.15, 0.2) is 18.2 Å². The molecule has 118 valence electrons. The third-order valence-electron chi connectivity index (χ3n) is 3.40. The minimum Gasteiger partial charge on any atom is -0.327 e. The van der Waals surface area contributed by atoms with Gasteiger partial charge in [-0.25, -0.2) is 0 Å². The molecule has 0 aliphatic carbocycles. The highest BCUT2D eigenvalue weighted by molar-refractivity contribution is 6.35. The molecule has 0 radical (unpaired) electrons. The van der Waals surface area contributed by atoms with Crippen LogP contribution in [-0.4, -0.2) is 36.5 Å². The van der Waals surface area contributed by atoms with Crippen molar-refractivity contribution in [2.75, 3.05) is 25.0 Å². The number of likely N-dealkylation sites (tertiary alicyclic amines) is 1. The molecular weight excluding hydrogens is 333 g/mol. The number of benzene rings is 1. The van der Waals surface area contributed by atoms with E-state index in [4.69, 9.17) is 28.9 Å². The van der Waals surface area contributed by atoms with Gasteiger partial charge >= 0.3 is 0 Å². The lowest BCUT2D eigenvalue weighted by Gasteiger charge is -2.30. The first-order valence-corrected chi connectivity index (χ1v) is 7.53. The molecular formula is C14H20Cl3N3O. The van der Waals surface area contributed by atoms with Crippen molar-refractivity contribution in [1.29, 1.82) is 0 Å². The lowest BCUT2D eigenvalue weighted by atomic mass is 10.1. The van der Waals surface area contributed by atoms with E-state index in [2.05, 4.69) is 10.2 Å². The van der Waals surface area contributed by atoms with E-state index in [0.717, 1.165) is 32.5 Å². The molecule has 1 amide bonds. The van der Waals surface area contributed by atoms with Crippen molar-refractivity contribution in [3.8, 4) is 0 Å². The van der Waals surface area contributed by atoms with Crippen molar-refractivity contribution in [2.45, 2.75) is 25.3 Å². The summed E-state index contributed by atoms with van der Waals surface area (Å²) in [6, 6.07) is 5.24. The van der Waals surface area contributed by atoms with Crippen LogP contribution in [0.5, 0.6) is 0 Å². The quantitative estimate of drug-likeness (QED) is 0.875. The number of amides is 1. The number of rotatable bonds is 4. The van der Waals surface area contributed by atoms with Crippen LogP contribution >= 0.6 is 35.6 Å². The van der Waals surface area contributed by atoms with Gasteiger partial charge in [-0.1, -0.05) is 23.2 Å². The summed E-state index contributed by atoms with van der Waals surface area (Å²) in [4.78, 5) is 14.2. The van der Waals surface area contributed by atoms with E-state index in [9.17, 15) is 4.79 Å². The van der Waals surface area contributed by atoms with Crippen molar-refractivity contribution in [2.24, 2.45) is 5.73 Å². The number of hydrogen-bond donors (Lipinski definition) is 2. The summed E-state index contributed by atoms with van der Waals surface area (Å²) in [7, 11) is 0. The summed E-state index contributed by atoms with van der Waals surface area (Å²) >= 11 is 11.9. The molecule has 1 fully saturated rings. The van der Waals surface area contributed by atoms with E-state index in [0.29, 0.717) is 22.2 Å². The van der Waals surface area contributed by atoms with E-state index in [1.54, 1.807) is 18.2 Å². The average Bonchev–Trinajstić information content (AvgIpc) is 2.41. The number of nitrogens with zero attached hydrogens (tertiary/aromatic N) is 1. The predicted molar refractivity (Wildman–Crippen MR) is 90.6 cm³/mol. The Balaban J connectivity index is 0.00000220. The van der Waals surface area contributed by atoms with Gasteiger partial charge in [-0.15, -0.1) is 12.4 Å². The van der Waals surface area contributed by atoms with Crippen LogP contribution in [0.1, 0.15) is 19.3 Å². The van der Waals surface area contributed by atoms with E-state index < -0.39 is 0 Å². The Labute approximate surface area is 141 Å². The van der Waals surface area contributed by atoms with Gasteiger partial charge < -0.3 is 16.0 Å². The molecule has 0 aromatic heterocycles. The van der Waals surface area contributed by atoms with Crippen molar-refractivity contribution < 1.29 is 4.79 Å². The van der Waals surface area contributed by atoms with Crippen molar-refractivity contribution >= 4 is 47.2 Å². The van der Waals surface area contributed by atoms with Gasteiger partial charge in [-0.2, -0.15) is 0 Å². The summed E-state index contributed by atoms with van der Waals surface area (Å²) in [5, 5.41) is 3.83. The molecule has 3 N–H and O–H groups in total. The summed E-state index contributed by atoms with van der Waals surface area (Å²) < 4.78 is 0. The summed E-state index contributed by atoms with van der Waals surface area (Å²) in [6.07, 6.45) is 2.60. The summed E-state index contributed by atoms with van der Waals surface area (Å²) in [5.74, 6) is -0.0617. The largest absolute Gasteiger partial charge is 0.327 e. The second kappa shape index (κ2) is 8.81. The number of halogens is 3. The number of nitrogens with one attached hydrogen (secondary N) is 1. The summed E-state index contributed by atoms with van der Waals surface area (Å²) in [6.45, 7) is 2.60. The van der Waals surface area contributed by atoms with Gasteiger partial charge in [-0.05, 0) is 37.6 Å². The molecule has 0 spiro atoms. The van der Waals surface area contributed by atoms with E-state index in [-0.39, 0.29) is 24.4 Å². The molecule has 1 aliphatic heterocycles. The topological polar surface area (TPSA) is 58.4 Å². The molecule has 21 heavy (non-hydrogen) atoms. The smallest absolute Gasteiger partial charge is 0.225 e. The SMILES string of the molecule is Cl.N[C@@H]1CCCN(CCC(=O)Nc2cc(Cl)ccc2Cl)C1. The maximum atomic E-state index is 11.9. The second-order valence-electron chi connectivity index (χ2n) is 5.13.